The van der Waals surface area contributed by atoms with Crippen LogP contribution in [0.1, 0.15) is 42.4 Å². The lowest BCUT2D eigenvalue weighted by molar-refractivity contribution is -0.121. The van der Waals surface area contributed by atoms with Crippen molar-refractivity contribution in [3.05, 3.63) is 71.3 Å². The van der Waals surface area contributed by atoms with Gasteiger partial charge in [-0.15, -0.1) is 0 Å². The summed E-state index contributed by atoms with van der Waals surface area (Å²) in [5.41, 5.74) is 4.20. The van der Waals surface area contributed by atoms with Crippen molar-refractivity contribution in [3.8, 4) is 0 Å². The molecule has 2 nitrogen and oxygen atoms in total. The van der Waals surface area contributed by atoms with Gasteiger partial charge in [0.2, 0.25) is 5.91 Å². The molecule has 2 atom stereocenters. The maximum atomic E-state index is 11.7. The van der Waals surface area contributed by atoms with Crippen LogP contribution in [0.2, 0.25) is 0 Å². The van der Waals surface area contributed by atoms with E-state index in [0.29, 0.717) is 12.3 Å². The highest BCUT2D eigenvalue weighted by Crippen LogP contribution is 2.34. The molecule has 1 N–H and O–H groups in total. The Labute approximate surface area is 132 Å². The van der Waals surface area contributed by atoms with Crippen molar-refractivity contribution in [2.75, 3.05) is 0 Å². The number of fused-ring (bicyclic) bond motifs is 1. The van der Waals surface area contributed by atoms with Crippen LogP contribution in [-0.2, 0) is 17.6 Å². The molecule has 0 radical (unpaired) electrons. The van der Waals surface area contributed by atoms with Gasteiger partial charge in [0.1, 0.15) is 0 Å². The third-order valence-electron chi connectivity index (χ3n) is 4.54. The third kappa shape index (κ3) is 3.38. The van der Waals surface area contributed by atoms with Crippen LogP contribution >= 0.6 is 0 Å². The molecule has 1 aliphatic carbocycles. The van der Waals surface area contributed by atoms with Gasteiger partial charge in [0, 0.05) is 12.5 Å². The number of hydrogen-bond acceptors (Lipinski definition) is 1. The predicted octanol–water partition coefficient (Wildman–Crippen LogP) is 3.85. The van der Waals surface area contributed by atoms with Gasteiger partial charge in [-0.05, 0) is 41.9 Å². The molecule has 2 heteroatoms. The van der Waals surface area contributed by atoms with Crippen LogP contribution < -0.4 is 5.32 Å². The number of rotatable bonds is 4. The molecular formula is C20H23NO. The van der Waals surface area contributed by atoms with Gasteiger partial charge in [0.15, 0.2) is 0 Å². The molecule has 0 heterocycles. The summed E-state index contributed by atoms with van der Waals surface area (Å²) in [6.45, 7) is 1.91. The molecule has 0 bridgehead atoms. The zero-order chi connectivity index (χ0) is 15.4. The lowest BCUT2D eigenvalue weighted by atomic mass is 9.77. The average Bonchev–Trinajstić information content (AvgIpc) is 2.55. The van der Waals surface area contributed by atoms with Gasteiger partial charge in [-0.2, -0.15) is 0 Å². The predicted molar refractivity (Wildman–Crippen MR) is 89.9 cm³/mol. The van der Waals surface area contributed by atoms with Gasteiger partial charge in [-0.3, -0.25) is 4.79 Å². The van der Waals surface area contributed by atoms with Gasteiger partial charge in [-0.25, -0.2) is 0 Å². The smallest absolute Gasteiger partial charge is 0.219 e. The molecular weight excluding hydrogens is 270 g/mol. The van der Waals surface area contributed by atoms with Crippen LogP contribution in [-0.4, -0.2) is 11.9 Å². The maximum Gasteiger partial charge on any atom is 0.219 e. The Morgan fingerprint density at radius 3 is 2.59 bits per heavy atom. The van der Waals surface area contributed by atoms with E-state index in [1.165, 1.54) is 16.7 Å². The number of carbonyl (C=O) groups excluding carboxylic acids is 1. The lowest BCUT2D eigenvalue weighted by Gasteiger charge is -2.32. The van der Waals surface area contributed by atoms with Gasteiger partial charge in [-0.1, -0.05) is 61.5 Å². The van der Waals surface area contributed by atoms with Gasteiger partial charge < -0.3 is 5.32 Å². The molecule has 1 aliphatic rings. The molecule has 0 saturated heterocycles. The van der Waals surface area contributed by atoms with Crippen molar-refractivity contribution in [3.63, 3.8) is 0 Å². The lowest BCUT2D eigenvalue weighted by Crippen LogP contribution is -2.40. The summed E-state index contributed by atoms with van der Waals surface area (Å²) in [5.74, 6) is 0.636. The molecule has 2 aromatic carbocycles. The minimum Gasteiger partial charge on any atom is -0.353 e. The molecule has 2 aromatic rings. The van der Waals surface area contributed by atoms with Crippen LogP contribution in [0.4, 0.5) is 0 Å². The number of carbonyl (C=O) groups is 1. The summed E-state index contributed by atoms with van der Waals surface area (Å²) in [5, 5.41) is 3.19. The van der Waals surface area contributed by atoms with E-state index < -0.39 is 0 Å². The summed E-state index contributed by atoms with van der Waals surface area (Å²) in [6, 6.07) is 19.6. The molecule has 0 spiro atoms. The summed E-state index contributed by atoms with van der Waals surface area (Å²) < 4.78 is 0. The van der Waals surface area contributed by atoms with Crippen LogP contribution in [0, 0.1) is 0 Å². The number of benzene rings is 2. The van der Waals surface area contributed by atoms with E-state index in [9.17, 15) is 4.79 Å². The highest BCUT2D eigenvalue weighted by atomic mass is 16.1. The Kier molecular flexibility index (Phi) is 4.57. The standard InChI is InChI=1S/C20H23NO/c1-2-20(22)21-18-13-16-10-6-7-11-19(16)17(14-18)12-15-8-4-3-5-9-15/h3-11,17-18H,2,12-14H2,1H3,(H,21,22). The Morgan fingerprint density at radius 1 is 1.09 bits per heavy atom. The third-order valence-corrected chi connectivity index (χ3v) is 4.54. The number of nitrogens with one attached hydrogen (secondary N) is 1. The molecule has 0 saturated carbocycles. The summed E-state index contributed by atoms with van der Waals surface area (Å²) >= 11 is 0. The number of amides is 1. The highest BCUT2D eigenvalue weighted by Gasteiger charge is 2.27. The minimum absolute atomic E-state index is 0.155. The molecule has 0 aromatic heterocycles. The first-order valence-electron chi connectivity index (χ1n) is 8.17. The maximum absolute atomic E-state index is 11.7. The molecule has 0 fully saturated rings. The van der Waals surface area contributed by atoms with E-state index in [0.717, 1.165) is 19.3 Å². The minimum atomic E-state index is 0.155. The van der Waals surface area contributed by atoms with Crippen molar-refractivity contribution >= 4 is 5.91 Å². The van der Waals surface area contributed by atoms with E-state index in [4.69, 9.17) is 0 Å². The first-order valence-corrected chi connectivity index (χ1v) is 8.17. The molecule has 2 unspecified atom stereocenters. The van der Waals surface area contributed by atoms with Crippen molar-refractivity contribution < 1.29 is 4.79 Å². The quantitative estimate of drug-likeness (QED) is 0.911. The molecule has 1 amide bonds. The zero-order valence-electron chi connectivity index (χ0n) is 13.1. The van der Waals surface area contributed by atoms with E-state index >= 15 is 0 Å². The largest absolute Gasteiger partial charge is 0.353 e. The highest BCUT2D eigenvalue weighted by molar-refractivity contribution is 5.75. The summed E-state index contributed by atoms with van der Waals surface area (Å²) in [6.07, 6.45) is 3.57. The Hall–Kier alpha value is -2.09. The summed E-state index contributed by atoms with van der Waals surface area (Å²) in [7, 11) is 0. The van der Waals surface area contributed by atoms with E-state index in [-0.39, 0.29) is 11.9 Å². The second-order valence-electron chi connectivity index (χ2n) is 6.14. The van der Waals surface area contributed by atoms with E-state index in [1.54, 1.807) is 0 Å². The Balaban J connectivity index is 1.82. The van der Waals surface area contributed by atoms with Crippen LogP contribution in [0.25, 0.3) is 0 Å². The topological polar surface area (TPSA) is 29.1 Å². The van der Waals surface area contributed by atoms with Gasteiger partial charge in [0.05, 0.1) is 0 Å². The number of hydrogen-bond donors (Lipinski definition) is 1. The van der Waals surface area contributed by atoms with Gasteiger partial charge in [0.25, 0.3) is 0 Å². The van der Waals surface area contributed by atoms with E-state index in [2.05, 4.69) is 59.9 Å². The molecule has 0 aliphatic heterocycles. The van der Waals surface area contributed by atoms with Crippen LogP contribution in [0.3, 0.4) is 0 Å². The normalized spacial score (nSPS) is 20.2. The fourth-order valence-electron chi connectivity index (χ4n) is 3.47. The Morgan fingerprint density at radius 2 is 1.82 bits per heavy atom. The van der Waals surface area contributed by atoms with Crippen LogP contribution in [0.5, 0.6) is 0 Å². The summed E-state index contributed by atoms with van der Waals surface area (Å²) in [4.78, 5) is 11.7. The van der Waals surface area contributed by atoms with Crippen molar-refractivity contribution in [2.24, 2.45) is 0 Å². The SMILES string of the molecule is CCC(=O)NC1Cc2ccccc2C(Cc2ccccc2)C1. The van der Waals surface area contributed by atoms with Crippen LogP contribution in [0.15, 0.2) is 54.6 Å². The second-order valence-corrected chi connectivity index (χ2v) is 6.14. The van der Waals surface area contributed by atoms with Crippen molar-refractivity contribution in [1.29, 1.82) is 0 Å². The molecule has 114 valence electrons. The van der Waals surface area contributed by atoms with Gasteiger partial charge >= 0.3 is 0 Å². The van der Waals surface area contributed by atoms with Crippen molar-refractivity contribution in [1.82, 2.24) is 5.32 Å². The van der Waals surface area contributed by atoms with Crippen molar-refractivity contribution in [2.45, 2.75) is 44.6 Å². The average molecular weight is 293 g/mol. The first kappa shape index (κ1) is 14.8. The monoisotopic (exact) mass is 293 g/mol. The fourth-order valence-corrected chi connectivity index (χ4v) is 3.47. The zero-order valence-corrected chi connectivity index (χ0v) is 13.1. The first-order chi connectivity index (χ1) is 10.8. The second kappa shape index (κ2) is 6.78. The molecule has 22 heavy (non-hydrogen) atoms. The Bertz CT molecular complexity index is 635. The fraction of sp³-hybridized carbons (Fsp3) is 0.350. The van der Waals surface area contributed by atoms with E-state index in [1.807, 2.05) is 6.92 Å². The molecule has 3 rings (SSSR count).